The molecule has 2 nitrogen and oxygen atoms in total. The van der Waals surface area contributed by atoms with Gasteiger partial charge in [-0.05, 0) is 51.6 Å². The summed E-state index contributed by atoms with van der Waals surface area (Å²) in [6.45, 7) is 5.57. The van der Waals surface area contributed by atoms with Gasteiger partial charge in [0.2, 0.25) is 0 Å². The van der Waals surface area contributed by atoms with Crippen LogP contribution in [0, 0.1) is 12.3 Å². The van der Waals surface area contributed by atoms with E-state index in [4.69, 9.17) is 6.42 Å². The van der Waals surface area contributed by atoms with Crippen molar-refractivity contribution in [1.82, 2.24) is 4.90 Å². The van der Waals surface area contributed by atoms with Gasteiger partial charge in [-0.3, -0.25) is 0 Å². The second kappa shape index (κ2) is 6.93. The molecule has 1 aliphatic heterocycles. The van der Waals surface area contributed by atoms with E-state index in [0.717, 1.165) is 51.6 Å². The van der Waals surface area contributed by atoms with Crippen LogP contribution in [0.1, 0.15) is 51.9 Å². The lowest BCUT2D eigenvalue weighted by Gasteiger charge is -2.26. The van der Waals surface area contributed by atoms with Gasteiger partial charge in [-0.25, -0.2) is 0 Å². The molecule has 0 aromatic carbocycles. The first kappa shape index (κ1) is 13.5. The van der Waals surface area contributed by atoms with Gasteiger partial charge in [0.1, 0.15) is 0 Å². The van der Waals surface area contributed by atoms with Crippen LogP contribution in [0.15, 0.2) is 0 Å². The molecule has 1 aliphatic rings. The first-order chi connectivity index (χ1) is 7.70. The van der Waals surface area contributed by atoms with Crippen molar-refractivity contribution in [3.05, 3.63) is 0 Å². The number of rotatable bonds is 5. The number of terminal acetylenes is 1. The molecule has 0 bridgehead atoms. The fourth-order valence-corrected chi connectivity index (χ4v) is 2.54. The van der Waals surface area contributed by atoms with E-state index < -0.39 is 5.60 Å². The van der Waals surface area contributed by atoms with Gasteiger partial charge in [0.25, 0.3) is 0 Å². The molecule has 1 fully saturated rings. The molecular formula is C14H25NO. The summed E-state index contributed by atoms with van der Waals surface area (Å²) >= 11 is 0. The van der Waals surface area contributed by atoms with Gasteiger partial charge < -0.3 is 10.0 Å². The SMILES string of the molecule is C#CCCCC1(O)CCCN(CCC)CC1. The Kier molecular flexibility index (Phi) is 5.87. The van der Waals surface area contributed by atoms with Gasteiger partial charge in [0.15, 0.2) is 0 Å². The highest BCUT2D eigenvalue weighted by atomic mass is 16.3. The molecule has 0 radical (unpaired) electrons. The fraction of sp³-hybridized carbons (Fsp3) is 0.857. The van der Waals surface area contributed by atoms with Crippen LogP contribution < -0.4 is 0 Å². The van der Waals surface area contributed by atoms with Crippen molar-refractivity contribution in [1.29, 1.82) is 0 Å². The van der Waals surface area contributed by atoms with Gasteiger partial charge in [-0.1, -0.05) is 6.92 Å². The molecule has 92 valence electrons. The Bertz CT molecular complexity index is 233. The van der Waals surface area contributed by atoms with Gasteiger partial charge in [-0.2, -0.15) is 0 Å². The second-order valence-electron chi connectivity index (χ2n) is 4.98. The highest BCUT2D eigenvalue weighted by Crippen LogP contribution is 2.27. The number of aliphatic hydroxyl groups is 1. The number of hydrogen-bond acceptors (Lipinski definition) is 2. The summed E-state index contributed by atoms with van der Waals surface area (Å²) in [4.78, 5) is 2.47. The summed E-state index contributed by atoms with van der Waals surface area (Å²) in [5.41, 5.74) is -0.445. The third-order valence-corrected chi connectivity index (χ3v) is 3.51. The molecule has 0 amide bonds. The van der Waals surface area contributed by atoms with E-state index in [9.17, 15) is 5.11 Å². The fourth-order valence-electron chi connectivity index (χ4n) is 2.54. The second-order valence-corrected chi connectivity index (χ2v) is 4.98. The number of hydrogen-bond donors (Lipinski definition) is 1. The lowest BCUT2D eigenvalue weighted by Crippen LogP contribution is -2.31. The van der Waals surface area contributed by atoms with E-state index in [1.165, 1.54) is 13.0 Å². The lowest BCUT2D eigenvalue weighted by molar-refractivity contribution is 0.0155. The summed E-state index contributed by atoms with van der Waals surface area (Å²) in [7, 11) is 0. The summed E-state index contributed by atoms with van der Waals surface area (Å²) in [5, 5.41) is 10.5. The Morgan fingerprint density at radius 2 is 2.19 bits per heavy atom. The molecule has 0 aliphatic carbocycles. The van der Waals surface area contributed by atoms with E-state index in [0.29, 0.717) is 0 Å². The molecular weight excluding hydrogens is 198 g/mol. The molecule has 2 heteroatoms. The maximum absolute atomic E-state index is 10.5. The standard InChI is InChI=1S/C14H25NO/c1-3-5-6-8-14(16)9-7-12-15(11-4-2)13-10-14/h1,16H,4-13H2,2H3. The monoisotopic (exact) mass is 223 g/mol. The van der Waals surface area contributed by atoms with Crippen LogP contribution in [0.3, 0.4) is 0 Å². The average Bonchev–Trinajstić information content (AvgIpc) is 2.43. The molecule has 1 heterocycles. The van der Waals surface area contributed by atoms with Crippen LogP contribution in [0.2, 0.25) is 0 Å². The quantitative estimate of drug-likeness (QED) is 0.571. The zero-order valence-electron chi connectivity index (χ0n) is 10.5. The molecule has 1 unspecified atom stereocenters. The Balaban J connectivity index is 2.35. The summed E-state index contributed by atoms with van der Waals surface area (Å²) in [6, 6.07) is 0. The van der Waals surface area contributed by atoms with Crippen molar-refractivity contribution in [3.8, 4) is 12.3 Å². The van der Waals surface area contributed by atoms with Crippen LogP contribution in [-0.4, -0.2) is 35.2 Å². The lowest BCUT2D eigenvalue weighted by atomic mass is 9.89. The molecule has 0 spiro atoms. The van der Waals surface area contributed by atoms with Crippen molar-refractivity contribution in [2.24, 2.45) is 0 Å². The molecule has 1 N–H and O–H groups in total. The molecule has 1 rings (SSSR count). The van der Waals surface area contributed by atoms with Crippen LogP contribution in [0.4, 0.5) is 0 Å². The van der Waals surface area contributed by atoms with Crippen LogP contribution in [0.5, 0.6) is 0 Å². The predicted molar refractivity (Wildman–Crippen MR) is 68.2 cm³/mol. The summed E-state index contributed by atoms with van der Waals surface area (Å²) < 4.78 is 0. The largest absolute Gasteiger partial charge is 0.390 e. The first-order valence-corrected chi connectivity index (χ1v) is 6.58. The predicted octanol–water partition coefficient (Wildman–Crippen LogP) is 2.42. The Hall–Kier alpha value is -0.520. The van der Waals surface area contributed by atoms with Crippen LogP contribution in [0.25, 0.3) is 0 Å². The highest BCUT2D eigenvalue weighted by molar-refractivity contribution is 4.87. The van der Waals surface area contributed by atoms with Crippen molar-refractivity contribution < 1.29 is 5.11 Å². The van der Waals surface area contributed by atoms with Crippen molar-refractivity contribution >= 4 is 0 Å². The minimum Gasteiger partial charge on any atom is -0.390 e. The van der Waals surface area contributed by atoms with E-state index in [1.54, 1.807) is 0 Å². The Morgan fingerprint density at radius 1 is 1.38 bits per heavy atom. The van der Waals surface area contributed by atoms with E-state index >= 15 is 0 Å². The Morgan fingerprint density at radius 3 is 2.88 bits per heavy atom. The third-order valence-electron chi connectivity index (χ3n) is 3.51. The van der Waals surface area contributed by atoms with E-state index in [2.05, 4.69) is 17.7 Å². The molecule has 0 aromatic rings. The zero-order chi connectivity index (χ0) is 11.9. The molecule has 16 heavy (non-hydrogen) atoms. The maximum atomic E-state index is 10.5. The number of nitrogens with zero attached hydrogens (tertiary/aromatic N) is 1. The highest BCUT2D eigenvalue weighted by Gasteiger charge is 2.28. The zero-order valence-corrected chi connectivity index (χ0v) is 10.5. The molecule has 0 saturated carbocycles. The molecule has 1 atom stereocenters. The first-order valence-electron chi connectivity index (χ1n) is 6.58. The topological polar surface area (TPSA) is 23.5 Å². The normalized spacial score (nSPS) is 27.3. The van der Waals surface area contributed by atoms with Crippen LogP contribution >= 0.6 is 0 Å². The maximum Gasteiger partial charge on any atom is 0.0660 e. The minimum absolute atomic E-state index is 0.445. The van der Waals surface area contributed by atoms with Gasteiger partial charge >= 0.3 is 0 Å². The average molecular weight is 223 g/mol. The summed E-state index contributed by atoms with van der Waals surface area (Å²) in [6.07, 6.45) is 12.0. The molecule has 0 aromatic heterocycles. The number of likely N-dealkylation sites (tertiary alicyclic amines) is 1. The van der Waals surface area contributed by atoms with Crippen LogP contribution in [-0.2, 0) is 0 Å². The van der Waals surface area contributed by atoms with Crippen molar-refractivity contribution in [2.45, 2.75) is 57.5 Å². The smallest absolute Gasteiger partial charge is 0.0660 e. The van der Waals surface area contributed by atoms with E-state index in [-0.39, 0.29) is 0 Å². The molecule has 1 saturated heterocycles. The summed E-state index contributed by atoms with van der Waals surface area (Å²) in [5.74, 6) is 2.65. The van der Waals surface area contributed by atoms with Gasteiger partial charge in [0.05, 0.1) is 5.60 Å². The van der Waals surface area contributed by atoms with Gasteiger partial charge in [0, 0.05) is 13.0 Å². The Labute approximate surface area is 100 Å². The van der Waals surface area contributed by atoms with Crippen molar-refractivity contribution in [2.75, 3.05) is 19.6 Å². The van der Waals surface area contributed by atoms with Gasteiger partial charge in [-0.15, -0.1) is 12.3 Å². The third kappa shape index (κ3) is 4.55. The minimum atomic E-state index is -0.445. The number of unbranched alkanes of at least 4 members (excludes halogenated alkanes) is 1. The van der Waals surface area contributed by atoms with Crippen molar-refractivity contribution in [3.63, 3.8) is 0 Å². The van der Waals surface area contributed by atoms with E-state index in [1.807, 2.05) is 0 Å².